The molecule has 202 valence electrons. The van der Waals surface area contributed by atoms with Gasteiger partial charge in [0, 0.05) is 41.7 Å². The largest absolute Gasteiger partial charge is 0.478 e. The predicted octanol–water partition coefficient (Wildman–Crippen LogP) is 7.26. The standard InChI is InChI=1S/C28H25Cl2FN4O3S/c29-19-2-1-3-20(30)23(19)24-18(26(38-34-24)13-4-5-13)12-32-15-10-16-6-7-17(11-15)35(16)28-33-25-21(31)8-14(27(36)37)9-22(25)39-28/h1-3,8-9,13,15-17,32H,4-7,10-12H2,(H,36,37). The second-order valence-corrected chi connectivity index (χ2v) is 12.5. The molecule has 4 aromatic rings. The molecule has 0 spiro atoms. The van der Waals surface area contributed by atoms with Gasteiger partial charge in [0.15, 0.2) is 10.9 Å². The van der Waals surface area contributed by atoms with Crippen LogP contribution in [0.4, 0.5) is 9.52 Å². The van der Waals surface area contributed by atoms with Gasteiger partial charge in [0.1, 0.15) is 17.0 Å². The SMILES string of the molecule is O=C(O)c1cc(F)c2nc(N3C4CCC3CC(NCc3c(-c5c(Cl)cccc5Cl)noc3C3CC3)C4)sc2c1. The van der Waals surface area contributed by atoms with Gasteiger partial charge in [0.25, 0.3) is 0 Å². The van der Waals surface area contributed by atoms with Crippen LogP contribution < -0.4 is 10.2 Å². The predicted molar refractivity (Wildman–Crippen MR) is 150 cm³/mol. The molecular formula is C28H25Cl2FN4O3S. The van der Waals surface area contributed by atoms with Crippen molar-refractivity contribution in [2.24, 2.45) is 0 Å². The fourth-order valence-corrected chi connectivity index (χ4v) is 7.93. The number of benzene rings is 2. The number of fused-ring (bicyclic) bond motifs is 3. The van der Waals surface area contributed by atoms with Gasteiger partial charge < -0.3 is 19.8 Å². The van der Waals surface area contributed by atoms with E-state index >= 15 is 0 Å². The fourth-order valence-electron chi connectivity index (χ4n) is 6.19. The van der Waals surface area contributed by atoms with E-state index in [9.17, 15) is 14.3 Å². The number of thiazole rings is 1. The lowest BCUT2D eigenvalue weighted by atomic mass is 9.97. The summed E-state index contributed by atoms with van der Waals surface area (Å²) in [5.41, 5.74) is 2.62. The number of rotatable bonds is 7. The summed E-state index contributed by atoms with van der Waals surface area (Å²) in [7, 11) is 0. The highest BCUT2D eigenvalue weighted by molar-refractivity contribution is 7.22. The van der Waals surface area contributed by atoms with Crippen molar-refractivity contribution in [3.63, 3.8) is 0 Å². The summed E-state index contributed by atoms with van der Waals surface area (Å²) in [5.74, 6) is -0.421. The third kappa shape index (κ3) is 4.49. The summed E-state index contributed by atoms with van der Waals surface area (Å²) in [6.45, 7) is 0.612. The minimum atomic E-state index is -1.14. The Balaban J connectivity index is 1.11. The van der Waals surface area contributed by atoms with Crippen molar-refractivity contribution >= 4 is 55.9 Å². The van der Waals surface area contributed by atoms with Crippen molar-refractivity contribution in [2.45, 2.75) is 69.1 Å². The molecule has 2 bridgehead atoms. The van der Waals surface area contributed by atoms with E-state index in [1.54, 1.807) is 0 Å². The first-order valence-corrected chi connectivity index (χ1v) is 14.7. The summed E-state index contributed by atoms with van der Waals surface area (Å²) in [6, 6.07) is 8.87. The summed E-state index contributed by atoms with van der Waals surface area (Å²) in [4.78, 5) is 18.3. The average Bonchev–Trinajstić information content (AvgIpc) is 3.42. The number of carboxylic acids is 1. The maximum absolute atomic E-state index is 14.6. The van der Waals surface area contributed by atoms with Crippen molar-refractivity contribution in [2.75, 3.05) is 4.90 Å². The van der Waals surface area contributed by atoms with Crippen molar-refractivity contribution < 1.29 is 18.8 Å². The van der Waals surface area contributed by atoms with Gasteiger partial charge in [-0.05, 0) is 62.8 Å². The second-order valence-electron chi connectivity index (χ2n) is 10.7. The molecule has 2 aromatic heterocycles. The molecule has 0 radical (unpaired) electrons. The second kappa shape index (κ2) is 9.73. The average molecular weight is 588 g/mol. The molecule has 2 aliphatic heterocycles. The smallest absolute Gasteiger partial charge is 0.335 e. The molecule has 0 amide bonds. The maximum Gasteiger partial charge on any atom is 0.335 e. The molecule has 11 heteroatoms. The lowest BCUT2D eigenvalue weighted by molar-refractivity contribution is 0.0696. The normalized spacial score (nSPS) is 22.6. The van der Waals surface area contributed by atoms with Crippen molar-refractivity contribution in [3.05, 3.63) is 63.1 Å². The number of nitrogens with one attached hydrogen (secondary N) is 1. The van der Waals surface area contributed by atoms with Gasteiger partial charge in [-0.25, -0.2) is 14.2 Å². The lowest BCUT2D eigenvalue weighted by Crippen LogP contribution is -2.49. The van der Waals surface area contributed by atoms with Crippen LogP contribution in [0.2, 0.25) is 10.0 Å². The molecule has 7 rings (SSSR count). The highest BCUT2D eigenvalue weighted by Gasteiger charge is 2.42. The van der Waals surface area contributed by atoms with E-state index in [4.69, 9.17) is 27.7 Å². The Bertz CT molecular complexity index is 1570. The van der Waals surface area contributed by atoms with Gasteiger partial charge in [0.05, 0.1) is 20.3 Å². The number of hydrogen-bond acceptors (Lipinski definition) is 7. The number of hydrogen-bond donors (Lipinski definition) is 2. The van der Waals surface area contributed by atoms with E-state index in [1.807, 2.05) is 18.2 Å². The molecule has 3 aliphatic rings. The zero-order valence-electron chi connectivity index (χ0n) is 20.8. The molecule has 2 atom stereocenters. The van der Waals surface area contributed by atoms with Crippen molar-refractivity contribution in [1.82, 2.24) is 15.5 Å². The number of halogens is 3. The van der Waals surface area contributed by atoms with E-state index in [-0.39, 0.29) is 23.2 Å². The molecule has 2 aromatic carbocycles. The minimum Gasteiger partial charge on any atom is -0.478 e. The van der Waals surface area contributed by atoms with Crippen LogP contribution in [0.5, 0.6) is 0 Å². The van der Waals surface area contributed by atoms with E-state index in [1.165, 1.54) is 17.4 Å². The van der Waals surface area contributed by atoms with Crippen molar-refractivity contribution in [3.8, 4) is 11.3 Å². The topological polar surface area (TPSA) is 91.5 Å². The Morgan fingerprint density at radius 3 is 2.54 bits per heavy atom. The van der Waals surface area contributed by atoms with E-state index in [0.29, 0.717) is 44.5 Å². The van der Waals surface area contributed by atoms with Gasteiger partial charge in [-0.2, -0.15) is 0 Å². The molecule has 4 heterocycles. The molecule has 39 heavy (non-hydrogen) atoms. The van der Waals surface area contributed by atoms with E-state index in [2.05, 4.69) is 20.4 Å². The number of carboxylic acid groups (broad SMARTS) is 1. The molecule has 7 nitrogen and oxygen atoms in total. The van der Waals surface area contributed by atoms with Gasteiger partial charge >= 0.3 is 5.97 Å². The van der Waals surface area contributed by atoms with Crippen LogP contribution in [-0.4, -0.2) is 39.3 Å². The number of aromatic carboxylic acids is 1. The molecular weight excluding hydrogens is 562 g/mol. The highest BCUT2D eigenvalue weighted by atomic mass is 35.5. The first kappa shape index (κ1) is 25.3. The molecule has 3 fully saturated rings. The summed E-state index contributed by atoms with van der Waals surface area (Å²) < 4.78 is 21.0. The van der Waals surface area contributed by atoms with Crippen molar-refractivity contribution in [1.29, 1.82) is 0 Å². The Morgan fingerprint density at radius 2 is 1.87 bits per heavy atom. The number of nitrogens with zero attached hydrogens (tertiary/aromatic N) is 3. The van der Waals surface area contributed by atoms with Gasteiger partial charge in [-0.3, -0.25) is 0 Å². The number of carbonyl (C=O) groups is 1. The zero-order chi connectivity index (χ0) is 26.8. The monoisotopic (exact) mass is 586 g/mol. The maximum atomic E-state index is 14.6. The van der Waals surface area contributed by atoms with Crippen LogP contribution in [0.15, 0.2) is 34.9 Å². The first-order valence-electron chi connectivity index (χ1n) is 13.1. The third-order valence-electron chi connectivity index (χ3n) is 8.17. The van der Waals surface area contributed by atoms with Crippen LogP contribution in [0.1, 0.15) is 66.1 Å². The van der Waals surface area contributed by atoms with E-state index in [0.717, 1.165) is 61.0 Å². The Labute approximate surface area is 237 Å². The van der Waals surface area contributed by atoms with Crippen LogP contribution in [-0.2, 0) is 6.54 Å². The summed E-state index contributed by atoms with van der Waals surface area (Å²) in [6.07, 6.45) is 6.14. The zero-order valence-corrected chi connectivity index (χ0v) is 23.1. The molecule has 2 unspecified atom stereocenters. The molecule has 2 N–H and O–H groups in total. The van der Waals surface area contributed by atoms with Crippen LogP contribution >= 0.6 is 34.5 Å². The van der Waals surface area contributed by atoms with Crippen LogP contribution in [0, 0.1) is 5.82 Å². The number of piperidine rings is 1. The summed E-state index contributed by atoms with van der Waals surface area (Å²) in [5, 5.41) is 19.3. The van der Waals surface area contributed by atoms with E-state index < -0.39 is 11.8 Å². The molecule has 2 saturated heterocycles. The van der Waals surface area contributed by atoms with Crippen LogP contribution in [0.3, 0.4) is 0 Å². The lowest BCUT2D eigenvalue weighted by Gasteiger charge is -2.39. The number of aromatic nitrogens is 2. The third-order valence-corrected chi connectivity index (χ3v) is 9.82. The van der Waals surface area contributed by atoms with Gasteiger partial charge in [0.2, 0.25) is 0 Å². The van der Waals surface area contributed by atoms with Crippen LogP contribution in [0.25, 0.3) is 21.5 Å². The molecule has 1 aliphatic carbocycles. The minimum absolute atomic E-state index is 0.0576. The van der Waals surface area contributed by atoms with Gasteiger partial charge in [-0.15, -0.1) is 0 Å². The molecule has 1 saturated carbocycles. The highest BCUT2D eigenvalue weighted by Crippen LogP contribution is 2.47. The summed E-state index contributed by atoms with van der Waals surface area (Å²) >= 11 is 14.4. The fraction of sp³-hybridized carbons (Fsp3) is 0.393. The quantitative estimate of drug-likeness (QED) is 0.235. The Kier molecular flexibility index (Phi) is 6.30. The van der Waals surface area contributed by atoms with Gasteiger partial charge in [-0.1, -0.05) is 45.8 Å². The first-order chi connectivity index (χ1) is 18.9. The number of anilines is 1. The Morgan fingerprint density at radius 1 is 1.15 bits per heavy atom. The Hall–Kier alpha value is -2.72.